The smallest absolute Gasteiger partial charge is 0.0693 e. The van der Waals surface area contributed by atoms with E-state index in [0.29, 0.717) is 0 Å². The highest BCUT2D eigenvalue weighted by molar-refractivity contribution is 8.01. The molecular formula is C12H9ClS2. The number of benzene rings is 1. The van der Waals surface area contributed by atoms with Crippen molar-refractivity contribution in [1.29, 1.82) is 0 Å². The highest BCUT2D eigenvalue weighted by atomic mass is 35.5. The summed E-state index contributed by atoms with van der Waals surface area (Å²) in [4.78, 5) is 1.35. The molecule has 0 amide bonds. The van der Waals surface area contributed by atoms with Crippen molar-refractivity contribution in [3.05, 3.63) is 46.8 Å². The predicted molar refractivity (Wildman–Crippen MR) is 67.2 cm³/mol. The standard InChI is InChI=1S/C12H9ClS2/c13-10-7-8-3-1-2-4-11(8)15-12-9(10)5-6-14-12/h1-6,10H,7H2. The number of fused-ring (bicyclic) bond motifs is 2. The number of hydrogen-bond acceptors (Lipinski definition) is 2. The molecule has 0 aliphatic carbocycles. The second kappa shape index (κ2) is 3.85. The largest absolute Gasteiger partial charge is 0.137 e. The van der Waals surface area contributed by atoms with E-state index in [9.17, 15) is 0 Å². The van der Waals surface area contributed by atoms with E-state index in [4.69, 9.17) is 11.6 Å². The molecule has 1 aliphatic rings. The zero-order chi connectivity index (χ0) is 10.3. The Morgan fingerprint density at radius 3 is 3.00 bits per heavy atom. The molecule has 3 rings (SSSR count). The summed E-state index contributed by atoms with van der Waals surface area (Å²) in [5.41, 5.74) is 2.66. The molecule has 0 bridgehead atoms. The zero-order valence-corrected chi connectivity index (χ0v) is 10.3. The topological polar surface area (TPSA) is 0 Å². The van der Waals surface area contributed by atoms with Crippen LogP contribution in [-0.4, -0.2) is 0 Å². The third-order valence-electron chi connectivity index (χ3n) is 2.57. The van der Waals surface area contributed by atoms with E-state index in [-0.39, 0.29) is 5.38 Å². The van der Waals surface area contributed by atoms with E-state index in [1.165, 1.54) is 20.2 Å². The van der Waals surface area contributed by atoms with Gasteiger partial charge in [-0.15, -0.1) is 22.9 Å². The molecule has 76 valence electrons. The van der Waals surface area contributed by atoms with E-state index >= 15 is 0 Å². The predicted octanol–water partition coefficient (Wildman–Crippen LogP) is 4.74. The average Bonchev–Trinajstić information content (AvgIpc) is 2.64. The summed E-state index contributed by atoms with van der Waals surface area (Å²) in [6.07, 6.45) is 0.939. The SMILES string of the molecule is ClC1Cc2ccccc2Sc2sccc21. The maximum Gasteiger partial charge on any atom is 0.0693 e. The molecule has 0 saturated heterocycles. The minimum Gasteiger partial charge on any atom is -0.137 e. The van der Waals surface area contributed by atoms with Gasteiger partial charge in [-0.3, -0.25) is 0 Å². The number of halogens is 1. The zero-order valence-electron chi connectivity index (χ0n) is 7.94. The van der Waals surface area contributed by atoms with Gasteiger partial charge in [0, 0.05) is 4.90 Å². The molecule has 0 radical (unpaired) electrons. The lowest BCUT2D eigenvalue weighted by atomic mass is 10.1. The highest BCUT2D eigenvalue weighted by Crippen LogP contribution is 2.45. The third-order valence-corrected chi connectivity index (χ3v) is 5.26. The van der Waals surface area contributed by atoms with Gasteiger partial charge in [-0.1, -0.05) is 30.0 Å². The van der Waals surface area contributed by atoms with Crippen LogP contribution in [0.3, 0.4) is 0 Å². The minimum atomic E-state index is 0.127. The van der Waals surface area contributed by atoms with Crippen LogP contribution in [0.15, 0.2) is 44.8 Å². The molecule has 0 saturated carbocycles. The number of alkyl halides is 1. The Kier molecular flexibility index (Phi) is 2.51. The molecule has 0 fully saturated rings. The van der Waals surface area contributed by atoms with Gasteiger partial charge in [-0.2, -0.15) is 0 Å². The van der Waals surface area contributed by atoms with Crippen LogP contribution in [0.1, 0.15) is 16.5 Å². The number of rotatable bonds is 0. The van der Waals surface area contributed by atoms with Crippen LogP contribution in [0.2, 0.25) is 0 Å². The normalized spacial score (nSPS) is 19.1. The van der Waals surface area contributed by atoms with Crippen LogP contribution in [0.5, 0.6) is 0 Å². The van der Waals surface area contributed by atoms with Crippen molar-refractivity contribution in [3.8, 4) is 0 Å². The second-order valence-corrected chi connectivity index (χ2v) is 6.30. The fraction of sp³-hybridized carbons (Fsp3) is 0.167. The van der Waals surface area contributed by atoms with Crippen molar-refractivity contribution < 1.29 is 0 Å². The van der Waals surface area contributed by atoms with E-state index in [2.05, 4.69) is 35.7 Å². The van der Waals surface area contributed by atoms with Crippen molar-refractivity contribution in [3.63, 3.8) is 0 Å². The van der Waals surface area contributed by atoms with Gasteiger partial charge >= 0.3 is 0 Å². The molecule has 2 heterocycles. The molecule has 0 spiro atoms. The maximum atomic E-state index is 6.41. The van der Waals surface area contributed by atoms with E-state index < -0.39 is 0 Å². The lowest BCUT2D eigenvalue weighted by Gasteiger charge is -2.06. The molecule has 2 aromatic rings. The van der Waals surface area contributed by atoms with Crippen LogP contribution in [0.4, 0.5) is 0 Å². The van der Waals surface area contributed by atoms with Gasteiger partial charge in [-0.25, -0.2) is 0 Å². The Balaban J connectivity index is 2.14. The van der Waals surface area contributed by atoms with Gasteiger partial charge in [0.1, 0.15) is 0 Å². The lowest BCUT2D eigenvalue weighted by Crippen LogP contribution is -1.93. The first-order valence-electron chi connectivity index (χ1n) is 4.82. The van der Waals surface area contributed by atoms with Crippen LogP contribution in [-0.2, 0) is 6.42 Å². The van der Waals surface area contributed by atoms with Crippen molar-refractivity contribution in [2.24, 2.45) is 0 Å². The quantitative estimate of drug-likeness (QED) is 0.611. The van der Waals surface area contributed by atoms with E-state index in [1.54, 1.807) is 11.3 Å². The summed E-state index contributed by atoms with van der Waals surface area (Å²) < 4.78 is 1.35. The first kappa shape index (κ1) is 9.76. The summed E-state index contributed by atoms with van der Waals surface area (Å²) in [6, 6.07) is 10.7. The van der Waals surface area contributed by atoms with Crippen molar-refractivity contribution in [2.45, 2.75) is 20.9 Å². The van der Waals surface area contributed by atoms with Crippen LogP contribution in [0, 0.1) is 0 Å². The van der Waals surface area contributed by atoms with Crippen molar-refractivity contribution in [1.82, 2.24) is 0 Å². The average molecular weight is 253 g/mol. The Labute approximate surface area is 102 Å². The molecule has 1 aromatic carbocycles. The highest BCUT2D eigenvalue weighted by Gasteiger charge is 2.21. The van der Waals surface area contributed by atoms with Gasteiger partial charge in [0.15, 0.2) is 0 Å². The third kappa shape index (κ3) is 1.71. The molecule has 0 nitrogen and oxygen atoms in total. The summed E-state index contributed by atoms with van der Waals surface area (Å²) in [7, 11) is 0. The Bertz CT molecular complexity index is 490. The second-order valence-electron chi connectivity index (χ2n) is 3.54. The van der Waals surface area contributed by atoms with Gasteiger partial charge in [0.2, 0.25) is 0 Å². The van der Waals surface area contributed by atoms with Gasteiger partial charge in [0.25, 0.3) is 0 Å². The molecule has 1 unspecified atom stereocenters. The van der Waals surface area contributed by atoms with Crippen LogP contribution < -0.4 is 0 Å². The van der Waals surface area contributed by atoms with Gasteiger partial charge in [0.05, 0.1) is 9.59 Å². The maximum absolute atomic E-state index is 6.41. The molecule has 1 aliphatic heterocycles. The van der Waals surface area contributed by atoms with Crippen molar-refractivity contribution >= 4 is 34.7 Å². The number of hydrogen-bond donors (Lipinski definition) is 0. The monoisotopic (exact) mass is 252 g/mol. The van der Waals surface area contributed by atoms with Crippen LogP contribution >= 0.6 is 34.7 Å². The fourth-order valence-electron chi connectivity index (χ4n) is 1.80. The molecular weight excluding hydrogens is 244 g/mol. The van der Waals surface area contributed by atoms with E-state index in [0.717, 1.165) is 6.42 Å². The molecule has 1 atom stereocenters. The Morgan fingerprint density at radius 1 is 1.20 bits per heavy atom. The molecule has 15 heavy (non-hydrogen) atoms. The van der Waals surface area contributed by atoms with Gasteiger partial charge in [-0.05, 0) is 35.1 Å². The van der Waals surface area contributed by atoms with Crippen molar-refractivity contribution in [2.75, 3.05) is 0 Å². The molecule has 3 heteroatoms. The summed E-state index contributed by atoms with van der Waals surface area (Å²) >= 11 is 10.0. The first-order chi connectivity index (χ1) is 7.34. The summed E-state index contributed by atoms with van der Waals surface area (Å²) in [5.74, 6) is 0. The molecule has 1 aromatic heterocycles. The molecule has 0 N–H and O–H groups in total. The Morgan fingerprint density at radius 2 is 2.07 bits per heavy atom. The fourth-order valence-corrected chi connectivity index (χ4v) is 4.54. The van der Waals surface area contributed by atoms with Gasteiger partial charge < -0.3 is 0 Å². The summed E-state index contributed by atoms with van der Waals surface area (Å²) in [5, 5.41) is 2.25. The minimum absolute atomic E-state index is 0.127. The Hall–Kier alpha value is -0.440. The lowest BCUT2D eigenvalue weighted by molar-refractivity contribution is 0.899. The number of thiophene rings is 1. The first-order valence-corrected chi connectivity index (χ1v) is 6.95. The van der Waals surface area contributed by atoms with Crippen LogP contribution in [0.25, 0.3) is 0 Å². The van der Waals surface area contributed by atoms with E-state index in [1.807, 2.05) is 11.8 Å². The summed E-state index contributed by atoms with van der Waals surface area (Å²) in [6.45, 7) is 0.